The van der Waals surface area contributed by atoms with E-state index in [-0.39, 0.29) is 0 Å². The largest absolute Gasteiger partial charge is 0.497 e. The fraction of sp³-hybridized carbons (Fsp3) is 0.647. The van der Waals surface area contributed by atoms with E-state index in [2.05, 4.69) is 23.5 Å². The summed E-state index contributed by atoms with van der Waals surface area (Å²) in [7, 11) is 1.74. The molecule has 1 N–H and O–H groups in total. The van der Waals surface area contributed by atoms with Crippen LogP contribution in [0, 0.1) is 0 Å². The highest BCUT2D eigenvalue weighted by Gasteiger charge is 2.20. The molecule has 1 aliphatic heterocycles. The first kappa shape index (κ1) is 13.9. The van der Waals surface area contributed by atoms with Crippen molar-refractivity contribution in [2.45, 2.75) is 50.7 Å². The first-order chi connectivity index (χ1) is 9.85. The van der Waals surface area contributed by atoms with Gasteiger partial charge in [-0.1, -0.05) is 6.07 Å². The minimum absolute atomic E-state index is 0.499. The molecule has 3 rings (SSSR count). The predicted octanol–water partition coefficient (Wildman–Crippen LogP) is 2.71. The predicted molar refractivity (Wildman–Crippen MR) is 80.4 cm³/mol. The van der Waals surface area contributed by atoms with Crippen molar-refractivity contribution in [1.82, 2.24) is 5.32 Å². The molecule has 0 bridgehead atoms. The van der Waals surface area contributed by atoms with Gasteiger partial charge in [-0.05, 0) is 68.3 Å². The zero-order valence-corrected chi connectivity index (χ0v) is 12.4. The van der Waals surface area contributed by atoms with Gasteiger partial charge in [0.15, 0.2) is 0 Å². The lowest BCUT2D eigenvalue weighted by Crippen LogP contribution is -2.36. The van der Waals surface area contributed by atoms with Crippen LogP contribution in [-0.4, -0.2) is 32.4 Å². The quantitative estimate of drug-likeness (QED) is 0.896. The lowest BCUT2D eigenvalue weighted by Gasteiger charge is -2.26. The maximum absolute atomic E-state index is 5.67. The summed E-state index contributed by atoms with van der Waals surface area (Å²) >= 11 is 0. The summed E-state index contributed by atoms with van der Waals surface area (Å²) in [5.74, 6) is 0.976. The Hall–Kier alpha value is -1.06. The minimum atomic E-state index is 0.499. The van der Waals surface area contributed by atoms with E-state index in [9.17, 15) is 0 Å². The number of ether oxygens (including phenoxy) is 2. The SMILES string of the molecule is COc1ccc2c(c1)C[C@@H](NCC[C@H]1CCCO1)CC2. The highest BCUT2D eigenvalue weighted by atomic mass is 16.5. The Balaban J connectivity index is 1.49. The topological polar surface area (TPSA) is 30.5 Å². The number of methoxy groups -OCH3 is 1. The van der Waals surface area contributed by atoms with Gasteiger partial charge in [0.25, 0.3) is 0 Å². The van der Waals surface area contributed by atoms with Gasteiger partial charge in [0.05, 0.1) is 13.2 Å². The van der Waals surface area contributed by atoms with E-state index in [1.54, 1.807) is 7.11 Å². The molecule has 0 unspecified atom stereocenters. The molecule has 1 fully saturated rings. The van der Waals surface area contributed by atoms with Crippen LogP contribution in [0.2, 0.25) is 0 Å². The number of fused-ring (bicyclic) bond motifs is 1. The van der Waals surface area contributed by atoms with Crippen LogP contribution < -0.4 is 10.1 Å². The smallest absolute Gasteiger partial charge is 0.119 e. The molecule has 2 atom stereocenters. The fourth-order valence-electron chi connectivity index (χ4n) is 3.36. The summed E-state index contributed by atoms with van der Waals surface area (Å²) in [5, 5.41) is 3.71. The van der Waals surface area contributed by atoms with Crippen LogP contribution in [-0.2, 0) is 17.6 Å². The van der Waals surface area contributed by atoms with Gasteiger partial charge in [-0.25, -0.2) is 0 Å². The Morgan fingerprint density at radius 3 is 3.05 bits per heavy atom. The van der Waals surface area contributed by atoms with E-state index in [4.69, 9.17) is 9.47 Å². The summed E-state index contributed by atoms with van der Waals surface area (Å²) in [5.41, 5.74) is 2.94. The molecule has 0 spiro atoms. The second kappa shape index (κ2) is 6.59. The second-order valence-electron chi connectivity index (χ2n) is 5.95. The third kappa shape index (κ3) is 3.33. The van der Waals surface area contributed by atoms with E-state index in [1.165, 1.54) is 36.8 Å². The molecule has 0 aromatic heterocycles. The third-order valence-electron chi connectivity index (χ3n) is 4.57. The van der Waals surface area contributed by atoms with Gasteiger partial charge in [0, 0.05) is 12.6 Å². The van der Waals surface area contributed by atoms with Crippen LogP contribution in [0.5, 0.6) is 5.75 Å². The van der Waals surface area contributed by atoms with Crippen LogP contribution in [0.1, 0.15) is 36.8 Å². The molecule has 2 aliphatic rings. The standard InChI is InChI=1S/C17H25NO2/c1-19-17-7-5-13-4-6-15(11-14(13)12-17)18-9-8-16-3-2-10-20-16/h5,7,12,15-16,18H,2-4,6,8-11H2,1H3/t15-,16+/m0/s1. The molecular formula is C17H25NO2. The Labute approximate surface area is 121 Å². The lowest BCUT2D eigenvalue weighted by atomic mass is 9.88. The van der Waals surface area contributed by atoms with Crippen molar-refractivity contribution in [2.24, 2.45) is 0 Å². The Morgan fingerprint density at radius 2 is 2.25 bits per heavy atom. The van der Waals surface area contributed by atoms with Gasteiger partial charge in [0.1, 0.15) is 5.75 Å². The van der Waals surface area contributed by atoms with Crippen molar-refractivity contribution < 1.29 is 9.47 Å². The van der Waals surface area contributed by atoms with Gasteiger partial charge >= 0.3 is 0 Å². The number of nitrogens with one attached hydrogen (secondary N) is 1. The first-order valence-corrected chi connectivity index (χ1v) is 7.86. The average Bonchev–Trinajstić information content (AvgIpc) is 3.00. The maximum Gasteiger partial charge on any atom is 0.119 e. The number of benzene rings is 1. The number of aryl methyl sites for hydroxylation is 1. The normalized spacial score (nSPS) is 25.4. The number of rotatable bonds is 5. The number of hydrogen-bond donors (Lipinski definition) is 1. The summed E-state index contributed by atoms with van der Waals surface area (Å²) in [6.07, 6.45) is 7.67. The van der Waals surface area contributed by atoms with Crippen molar-refractivity contribution in [2.75, 3.05) is 20.3 Å². The Bertz CT molecular complexity index is 441. The average molecular weight is 275 g/mol. The molecule has 1 aliphatic carbocycles. The first-order valence-electron chi connectivity index (χ1n) is 7.86. The van der Waals surface area contributed by atoms with Crippen LogP contribution in [0.25, 0.3) is 0 Å². The second-order valence-corrected chi connectivity index (χ2v) is 5.95. The van der Waals surface area contributed by atoms with Crippen LogP contribution in [0.15, 0.2) is 18.2 Å². The number of hydrogen-bond acceptors (Lipinski definition) is 3. The van der Waals surface area contributed by atoms with Gasteiger partial charge in [0.2, 0.25) is 0 Å². The van der Waals surface area contributed by atoms with E-state index in [1.807, 2.05) is 0 Å². The summed E-state index contributed by atoms with van der Waals surface area (Å²) < 4.78 is 11.0. The molecule has 1 aromatic rings. The molecule has 1 heterocycles. The lowest BCUT2D eigenvalue weighted by molar-refractivity contribution is 0.103. The molecule has 3 nitrogen and oxygen atoms in total. The van der Waals surface area contributed by atoms with Crippen molar-refractivity contribution >= 4 is 0 Å². The van der Waals surface area contributed by atoms with E-state index in [0.717, 1.165) is 31.7 Å². The molecular weight excluding hydrogens is 250 g/mol. The summed E-state index contributed by atoms with van der Waals surface area (Å²) in [4.78, 5) is 0. The highest BCUT2D eigenvalue weighted by Crippen LogP contribution is 2.25. The van der Waals surface area contributed by atoms with Crippen molar-refractivity contribution in [3.8, 4) is 5.75 Å². The third-order valence-corrected chi connectivity index (χ3v) is 4.57. The summed E-state index contributed by atoms with van der Waals surface area (Å²) in [6, 6.07) is 7.10. The van der Waals surface area contributed by atoms with E-state index in [0.29, 0.717) is 12.1 Å². The van der Waals surface area contributed by atoms with Crippen LogP contribution >= 0.6 is 0 Å². The van der Waals surface area contributed by atoms with Crippen molar-refractivity contribution in [3.05, 3.63) is 29.3 Å². The maximum atomic E-state index is 5.67. The van der Waals surface area contributed by atoms with Crippen molar-refractivity contribution in [3.63, 3.8) is 0 Å². The molecule has 1 saturated heterocycles. The van der Waals surface area contributed by atoms with Gasteiger partial charge in [-0.3, -0.25) is 0 Å². The Kier molecular flexibility index (Phi) is 4.58. The Morgan fingerprint density at radius 1 is 1.30 bits per heavy atom. The highest BCUT2D eigenvalue weighted by molar-refractivity contribution is 5.37. The monoisotopic (exact) mass is 275 g/mol. The van der Waals surface area contributed by atoms with E-state index >= 15 is 0 Å². The molecule has 0 radical (unpaired) electrons. The molecule has 0 amide bonds. The minimum Gasteiger partial charge on any atom is -0.497 e. The van der Waals surface area contributed by atoms with Gasteiger partial charge in [-0.2, -0.15) is 0 Å². The van der Waals surface area contributed by atoms with Crippen LogP contribution in [0.4, 0.5) is 0 Å². The van der Waals surface area contributed by atoms with Gasteiger partial charge in [-0.15, -0.1) is 0 Å². The zero-order valence-electron chi connectivity index (χ0n) is 12.4. The molecule has 1 aromatic carbocycles. The molecule has 0 saturated carbocycles. The molecule has 20 heavy (non-hydrogen) atoms. The fourth-order valence-corrected chi connectivity index (χ4v) is 3.36. The van der Waals surface area contributed by atoms with Crippen molar-refractivity contribution in [1.29, 1.82) is 0 Å². The van der Waals surface area contributed by atoms with Crippen LogP contribution in [0.3, 0.4) is 0 Å². The van der Waals surface area contributed by atoms with Gasteiger partial charge < -0.3 is 14.8 Å². The zero-order chi connectivity index (χ0) is 13.8. The molecule has 3 heteroatoms. The summed E-state index contributed by atoms with van der Waals surface area (Å²) in [6.45, 7) is 2.04. The molecule has 110 valence electrons. The van der Waals surface area contributed by atoms with E-state index < -0.39 is 0 Å².